The van der Waals surface area contributed by atoms with Crippen molar-refractivity contribution in [3.05, 3.63) is 53.6 Å². The number of esters is 1. The van der Waals surface area contributed by atoms with Crippen molar-refractivity contribution in [3.8, 4) is 17.2 Å². The van der Waals surface area contributed by atoms with Crippen LogP contribution in [0.5, 0.6) is 17.2 Å². The lowest BCUT2D eigenvalue weighted by atomic mass is 10.1. The van der Waals surface area contributed by atoms with Crippen LogP contribution in [0.15, 0.2) is 42.5 Å². The minimum Gasteiger partial charge on any atom is -0.493 e. The molecule has 2 aromatic rings. The van der Waals surface area contributed by atoms with E-state index in [1.165, 1.54) is 0 Å². The second kappa shape index (κ2) is 7.23. The lowest BCUT2D eigenvalue weighted by Crippen LogP contribution is -2.26. The molecule has 0 fully saturated rings. The van der Waals surface area contributed by atoms with Gasteiger partial charge in [-0.05, 0) is 18.2 Å². The van der Waals surface area contributed by atoms with Gasteiger partial charge in [0.1, 0.15) is 12.4 Å². The van der Waals surface area contributed by atoms with Gasteiger partial charge in [-0.1, -0.05) is 18.2 Å². The van der Waals surface area contributed by atoms with Gasteiger partial charge in [-0.3, -0.25) is 5.32 Å². The van der Waals surface area contributed by atoms with Crippen LogP contribution in [0.25, 0.3) is 0 Å². The lowest BCUT2D eigenvalue weighted by Gasteiger charge is -2.14. The van der Waals surface area contributed by atoms with Crippen LogP contribution in [0, 0.1) is 0 Å². The quantitative estimate of drug-likeness (QED) is 0.622. The van der Waals surface area contributed by atoms with E-state index in [1.807, 2.05) is 24.3 Å². The molecule has 0 bridgehead atoms. The fraction of sp³-hybridized carbons (Fsp3) is 0.278. The molecule has 6 nitrogen and oxygen atoms in total. The molecular weight excluding hydrogens is 310 g/mol. The zero-order chi connectivity index (χ0) is 16.9. The molecule has 0 aliphatic carbocycles. The average Bonchev–Trinajstić information content (AvgIpc) is 2.95. The van der Waals surface area contributed by atoms with Gasteiger partial charge in [0.15, 0.2) is 17.7 Å². The third kappa shape index (κ3) is 3.28. The second-order valence-corrected chi connectivity index (χ2v) is 5.19. The number of methoxy groups -OCH3 is 2. The summed E-state index contributed by atoms with van der Waals surface area (Å²) in [5.74, 6) is 1.64. The van der Waals surface area contributed by atoms with Gasteiger partial charge < -0.3 is 18.9 Å². The van der Waals surface area contributed by atoms with E-state index >= 15 is 0 Å². The maximum Gasteiger partial charge on any atom is 0.340 e. The molecule has 24 heavy (non-hydrogen) atoms. The molecule has 0 saturated carbocycles. The largest absolute Gasteiger partial charge is 0.493 e. The van der Waals surface area contributed by atoms with Gasteiger partial charge in [0.05, 0.1) is 19.8 Å². The monoisotopic (exact) mass is 329 g/mol. The van der Waals surface area contributed by atoms with E-state index in [2.05, 4.69) is 5.32 Å². The van der Waals surface area contributed by atoms with E-state index < -0.39 is 6.23 Å². The number of carbonyl (C=O) groups is 1. The van der Waals surface area contributed by atoms with Gasteiger partial charge in [0, 0.05) is 18.2 Å². The van der Waals surface area contributed by atoms with Crippen molar-refractivity contribution in [2.24, 2.45) is 0 Å². The molecule has 3 rings (SSSR count). The van der Waals surface area contributed by atoms with Crippen molar-refractivity contribution in [2.75, 3.05) is 27.4 Å². The topological polar surface area (TPSA) is 66.0 Å². The smallest absolute Gasteiger partial charge is 0.340 e. The average molecular weight is 329 g/mol. The van der Waals surface area contributed by atoms with Crippen molar-refractivity contribution in [2.45, 2.75) is 6.23 Å². The summed E-state index contributed by atoms with van der Waals surface area (Å²) >= 11 is 0. The number of benzene rings is 2. The summed E-state index contributed by atoms with van der Waals surface area (Å²) in [4.78, 5) is 11.7. The first-order valence-electron chi connectivity index (χ1n) is 7.61. The highest BCUT2D eigenvalue weighted by Gasteiger charge is 2.29. The molecule has 1 aliphatic rings. The zero-order valence-corrected chi connectivity index (χ0v) is 13.6. The molecule has 1 N–H and O–H groups in total. The van der Waals surface area contributed by atoms with E-state index in [-0.39, 0.29) is 5.97 Å². The van der Waals surface area contributed by atoms with Crippen LogP contribution in [-0.2, 0) is 4.74 Å². The van der Waals surface area contributed by atoms with E-state index in [0.717, 1.165) is 5.56 Å². The Morgan fingerprint density at radius 3 is 2.67 bits per heavy atom. The fourth-order valence-corrected chi connectivity index (χ4v) is 2.56. The van der Waals surface area contributed by atoms with Gasteiger partial charge in [-0.15, -0.1) is 0 Å². The maximum atomic E-state index is 11.7. The van der Waals surface area contributed by atoms with Crippen LogP contribution >= 0.6 is 0 Å². The lowest BCUT2D eigenvalue weighted by molar-refractivity contribution is 0.0300. The number of hydrogen-bond donors (Lipinski definition) is 1. The molecule has 0 aromatic heterocycles. The maximum absolute atomic E-state index is 11.7. The van der Waals surface area contributed by atoms with Gasteiger partial charge in [-0.25, -0.2) is 4.79 Å². The van der Waals surface area contributed by atoms with Crippen molar-refractivity contribution in [3.63, 3.8) is 0 Å². The fourth-order valence-electron chi connectivity index (χ4n) is 2.56. The third-order valence-corrected chi connectivity index (χ3v) is 3.74. The number of carbonyl (C=O) groups excluding carboxylic acids is 1. The summed E-state index contributed by atoms with van der Waals surface area (Å²) in [6.07, 6.45) is -0.428. The Labute approximate surface area is 140 Å². The minimum absolute atomic E-state index is 0.302. The summed E-state index contributed by atoms with van der Waals surface area (Å²) in [7, 11) is 3.16. The Balaban J connectivity index is 1.52. The number of hydrogen-bond acceptors (Lipinski definition) is 6. The van der Waals surface area contributed by atoms with E-state index in [4.69, 9.17) is 18.9 Å². The molecule has 2 aromatic carbocycles. The summed E-state index contributed by atoms with van der Waals surface area (Å²) in [5, 5.41) is 3.17. The number of rotatable bonds is 7. The summed E-state index contributed by atoms with van der Waals surface area (Å²) < 4.78 is 21.4. The van der Waals surface area contributed by atoms with Gasteiger partial charge in [0.25, 0.3) is 0 Å². The highest BCUT2D eigenvalue weighted by Crippen LogP contribution is 2.31. The Bertz CT molecular complexity index is 731. The predicted octanol–water partition coefficient (Wildman–Crippen LogP) is 2.54. The molecule has 0 spiro atoms. The van der Waals surface area contributed by atoms with Crippen LogP contribution in [0.2, 0.25) is 0 Å². The van der Waals surface area contributed by atoms with Crippen LogP contribution in [-0.4, -0.2) is 33.3 Å². The van der Waals surface area contributed by atoms with Crippen LogP contribution in [0.3, 0.4) is 0 Å². The summed E-state index contributed by atoms with van der Waals surface area (Å²) in [6, 6.07) is 12.7. The van der Waals surface area contributed by atoms with Crippen LogP contribution in [0.4, 0.5) is 0 Å². The standard InChI is InChI=1S/C18H19NO5/c1-21-15-8-7-12(11-16(15)22-2)23-10-9-19-17-13-5-3-4-6-14(13)18(20)24-17/h3-8,11,17,19H,9-10H2,1-2H3. The second-order valence-electron chi connectivity index (χ2n) is 5.19. The first-order chi connectivity index (χ1) is 11.7. The molecule has 0 saturated heterocycles. The molecule has 6 heteroatoms. The van der Waals surface area contributed by atoms with Crippen molar-refractivity contribution < 1.29 is 23.7 Å². The number of fused-ring (bicyclic) bond motifs is 1. The molecule has 1 heterocycles. The molecule has 126 valence electrons. The van der Waals surface area contributed by atoms with Gasteiger partial charge in [-0.2, -0.15) is 0 Å². The highest BCUT2D eigenvalue weighted by atomic mass is 16.6. The third-order valence-electron chi connectivity index (χ3n) is 3.74. The summed E-state index contributed by atoms with van der Waals surface area (Å²) in [5.41, 5.74) is 1.46. The molecular formula is C18H19NO5. The molecule has 1 unspecified atom stereocenters. The SMILES string of the molecule is COc1ccc(OCCNC2OC(=O)c3ccccc32)cc1OC. The van der Waals surface area contributed by atoms with Gasteiger partial charge in [0.2, 0.25) is 0 Å². The van der Waals surface area contributed by atoms with Gasteiger partial charge >= 0.3 is 5.97 Å². The predicted molar refractivity (Wildman–Crippen MR) is 87.6 cm³/mol. The van der Waals surface area contributed by atoms with E-state index in [1.54, 1.807) is 32.4 Å². The Morgan fingerprint density at radius 1 is 1.08 bits per heavy atom. The Hall–Kier alpha value is -2.73. The Morgan fingerprint density at radius 2 is 1.88 bits per heavy atom. The van der Waals surface area contributed by atoms with Crippen molar-refractivity contribution >= 4 is 5.97 Å². The first-order valence-corrected chi connectivity index (χ1v) is 7.61. The minimum atomic E-state index is -0.428. The highest BCUT2D eigenvalue weighted by molar-refractivity contribution is 5.93. The normalized spacial score (nSPS) is 15.6. The van der Waals surface area contributed by atoms with Crippen molar-refractivity contribution in [1.82, 2.24) is 5.32 Å². The molecule has 1 atom stereocenters. The number of ether oxygens (including phenoxy) is 4. The molecule has 0 radical (unpaired) electrons. The van der Waals surface area contributed by atoms with Crippen LogP contribution < -0.4 is 19.5 Å². The van der Waals surface area contributed by atoms with E-state index in [9.17, 15) is 4.79 Å². The van der Waals surface area contributed by atoms with Crippen molar-refractivity contribution in [1.29, 1.82) is 0 Å². The summed E-state index contributed by atoms with van der Waals surface area (Å²) in [6.45, 7) is 0.951. The van der Waals surface area contributed by atoms with Crippen LogP contribution in [0.1, 0.15) is 22.1 Å². The first kappa shape index (κ1) is 16.1. The zero-order valence-electron chi connectivity index (χ0n) is 13.6. The molecule has 0 amide bonds. The van der Waals surface area contributed by atoms with E-state index in [0.29, 0.717) is 36.0 Å². The Kier molecular flexibility index (Phi) is 4.86. The number of nitrogens with one attached hydrogen (secondary N) is 1. The number of cyclic esters (lactones) is 1. The molecule has 1 aliphatic heterocycles.